The highest BCUT2D eigenvalue weighted by molar-refractivity contribution is 7.90. The van der Waals surface area contributed by atoms with Gasteiger partial charge in [-0.1, -0.05) is 60.1 Å². The van der Waals surface area contributed by atoms with Crippen LogP contribution in [0.2, 0.25) is 5.02 Å². The number of hydrogen-bond donors (Lipinski definition) is 0. The van der Waals surface area contributed by atoms with Gasteiger partial charge in [0.2, 0.25) is 20.9 Å². The smallest absolute Gasteiger partial charge is 0.228 e. The number of aromatic nitrogens is 2. The fourth-order valence-electron chi connectivity index (χ4n) is 3.97. The summed E-state index contributed by atoms with van der Waals surface area (Å²) in [6.45, 7) is 0.902. The van der Waals surface area contributed by atoms with E-state index in [9.17, 15) is 13.2 Å². The van der Waals surface area contributed by atoms with Crippen molar-refractivity contribution in [2.45, 2.75) is 37.0 Å². The van der Waals surface area contributed by atoms with Crippen LogP contribution in [0.4, 0.5) is 0 Å². The third-order valence-electron chi connectivity index (χ3n) is 5.83. The minimum atomic E-state index is -3.84. The van der Waals surface area contributed by atoms with Gasteiger partial charge in [-0.25, -0.2) is 13.4 Å². The van der Waals surface area contributed by atoms with Crippen LogP contribution in [0.5, 0.6) is 0 Å². The van der Waals surface area contributed by atoms with E-state index in [1.54, 1.807) is 59.2 Å². The normalized spacial score (nSPS) is 11.5. The standard InChI is InChI=1S/C27H28ClN3O5S/c1-35-15-13-31-23(17-29-27(31)37(33,34)20-22-10-5-6-12-25(22)28)18-30(19-24-11-7-14-36-24)26(32)16-21-8-3-2-4-9-21/h2-12,14,17H,13,15-16,18-20H2,1H3. The summed E-state index contributed by atoms with van der Waals surface area (Å²) in [4.78, 5) is 19.3. The number of methoxy groups -OCH3 is 1. The number of imidazole rings is 1. The van der Waals surface area contributed by atoms with Crippen LogP contribution >= 0.6 is 11.6 Å². The maximum Gasteiger partial charge on any atom is 0.228 e. The number of benzene rings is 2. The van der Waals surface area contributed by atoms with Gasteiger partial charge in [0.15, 0.2) is 0 Å². The van der Waals surface area contributed by atoms with Gasteiger partial charge >= 0.3 is 0 Å². The SMILES string of the molecule is COCCn1c(CN(Cc2ccco2)C(=O)Cc2ccccc2)cnc1S(=O)(=O)Cc1ccccc1Cl. The highest BCUT2D eigenvalue weighted by atomic mass is 35.5. The Morgan fingerprint density at radius 3 is 2.51 bits per heavy atom. The lowest BCUT2D eigenvalue weighted by Crippen LogP contribution is -2.32. The number of carbonyl (C=O) groups excluding carboxylic acids is 1. The average Bonchev–Trinajstić information content (AvgIpc) is 3.54. The van der Waals surface area contributed by atoms with Crippen LogP contribution in [-0.4, -0.2) is 42.5 Å². The second-order valence-corrected chi connectivity index (χ2v) is 10.8. The molecule has 0 aliphatic heterocycles. The molecule has 2 heterocycles. The van der Waals surface area contributed by atoms with E-state index in [1.807, 2.05) is 30.3 Å². The summed E-state index contributed by atoms with van der Waals surface area (Å²) in [7, 11) is -2.30. The van der Waals surface area contributed by atoms with Crippen LogP contribution in [0.15, 0.2) is 88.8 Å². The Hall–Kier alpha value is -3.40. The molecule has 0 bridgehead atoms. The summed E-state index contributed by atoms with van der Waals surface area (Å²) in [5.41, 5.74) is 1.94. The molecule has 194 valence electrons. The lowest BCUT2D eigenvalue weighted by molar-refractivity contribution is -0.132. The number of amides is 1. The summed E-state index contributed by atoms with van der Waals surface area (Å²) in [6, 6.07) is 19.8. The van der Waals surface area contributed by atoms with E-state index in [-0.39, 0.29) is 49.5 Å². The van der Waals surface area contributed by atoms with Crippen molar-refractivity contribution in [2.75, 3.05) is 13.7 Å². The van der Waals surface area contributed by atoms with E-state index in [4.69, 9.17) is 20.8 Å². The van der Waals surface area contributed by atoms with E-state index >= 15 is 0 Å². The van der Waals surface area contributed by atoms with Crippen LogP contribution in [0.25, 0.3) is 0 Å². The molecule has 0 fully saturated rings. The van der Waals surface area contributed by atoms with E-state index < -0.39 is 9.84 Å². The van der Waals surface area contributed by atoms with Crippen molar-refractivity contribution in [3.05, 3.63) is 107 Å². The van der Waals surface area contributed by atoms with Crippen molar-refractivity contribution in [2.24, 2.45) is 0 Å². The predicted molar refractivity (Wildman–Crippen MR) is 140 cm³/mol. The second kappa shape index (κ2) is 12.2. The van der Waals surface area contributed by atoms with Crippen molar-refractivity contribution in [3.63, 3.8) is 0 Å². The van der Waals surface area contributed by atoms with Gasteiger partial charge in [0.25, 0.3) is 0 Å². The topological polar surface area (TPSA) is 94.6 Å². The number of sulfone groups is 1. The second-order valence-electron chi connectivity index (χ2n) is 8.52. The first kappa shape index (κ1) is 26.7. The molecule has 0 radical (unpaired) electrons. The summed E-state index contributed by atoms with van der Waals surface area (Å²) >= 11 is 6.22. The van der Waals surface area contributed by atoms with E-state index in [1.165, 1.54) is 6.20 Å². The lowest BCUT2D eigenvalue weighted by Gasteiger charge is -2.23. The molecule has 10 heteroatoms. The van der Waals surface area contributed by atoms with Crippen LogP contribution in [-0.2, 0) is 51.2 Å². The molecule has 4 rings (SSSR count). The number of rotatable bonds is 12. The van der Waals surface area contributed by atoms with Crippen molar-refractivity contribution in [1.82, 2.24) is 14.5 Å². The Morgan fingerprint density at radius 1 is 1.05 bits per heavy atom. The molecule has 0 N–H and O–H groups in total. The molecule has 37 heavy (non-hydrogen) atoms. The average molecular weight is 542 g/mol. The fraction of sp³-hybridized carbons (Fsp3) is 0.259. The third-order valence-corrected chi connectivity index (χ3v) is 7.77. The zero-order valence-electron chi connectivity index (χ0n) is 20.4. The molecule has 0 aliphatic rings. The summed E-state index contributed by atoms with van der Waals surface area (Å²) in [5, 5.41) is 0.283. The third kappa shape index (κ3) is 6.88. The zero-order valence-corrected chi connectivity index (χ0v) is 22.0. The number of halogens is 1. The van der Waals surface area contributed by atoms with Gasteiger partial charge in [-0.15, -0.1) is 0 Å². The van der Waals surface area contributed by atoms with Crippen molar-refractivity contribution in [3.8, 4) is 0 Å². The quantitative estimate of drug-likeness (QED) is 0.262. The Bertz CT molecular complexity index is 1420. The van der Waals surface area contributed by atoms with E-state index in [0.717, 1.165) is 5.56 Å². The molecule has 1 amide bonds. The highest BCUT2D eigenvalue weighted by Crippen LogP contribution is 2.23. The van der Waals surface area contributed by atoms with Gasteiger partial charge in [-0.2, -0.15) is 0 Å². The van der Waals surface area contributed by atoms with Gasteiger partial charge in [0.05, 0.1) is 50.0 Å². The molecule has 0 saturated heterocycles. The Morgan fingerprint density at radius 2 is 1.81 bits per heavy atom. The highest BCUT2D eigenvalue weighted by Gasteiger charge is 2.26. The maximum atomic E-state index is 13.4. The lowest BCUT2D eigenvalue weighted by atomic mass is 10.1. The van der Waals surface area contributed by atoms with Crippen LogP contribution in [0.1, 0.15) is 22.6 Å². The number of carbonyl (C=O) groups is 1. The van der Waals surface area contributed by atoms with Crippen LogP contribution < -0.4 is 0 Å². The van der Waals surface area contributed by atoms with E-state index in [0.29, 0.717) is 22.0 Å². The molecule has 2 aromatic heterocycles. The number of hydrogen-bond acceptors (Lipinski definition) is 6. The number of nitrogens with zero attached hydrogens (tertiary/aromatic N) is 3. The molecule has 0 spiro atoms. The Kier molecular flexibility index (Phi) is 8.81. The van der Waals surface area contributed by atoms with Crippen LogP contribution in [0, 0.1) is 0 Å². The number of ether oxygens (including phenoxy) is 1. The first-order valence-corrected chi connectivity index (χ1v) is 13.7. The molecule has 0 saturated carbocycles. The Labute approximate surface area is 221 Å². The first-order valence-electron chi connectivity index (χ1n) is 11.7. The van der Waals surface area contributed by atoms with Crippen molar-refractivity contribution >= 4 is 27.3 Å². The molecular formula is C27H28ClN3O5S. The fourth-order valence-corrected chi connectivity index (χ4v) is 5.80. The molecule has 0 unspecified atom stereocenters. The maximum absolute atomic E-state index is 13.4. The molecular weight excluding hydrogens is 514 g/mol. The molecule has 8 nitrogen and oxygen atoms in total. The van der Waals surface area contributed by atoms with Gasteiger partial charge in [-0.05, 0) is 29.3 Å². The molecule has 2 aromatic carbocycles. The summed E-state index contributed by atoms with van der Waals surface area (Å²) in [6.07, 6.45) is 3.25. The minimum absolute atomic E-state index is 0.0899. The van der Waals surface area contributed by atoms with E-state index in [2.05, 4.69) is 4.98 Å². The minimum Gasteiger partial charge on any atom is -0.467 e. The van der Waals surface area contributed by atoms with Crippen molar-refractivity contribution < 1.29 is 22.4 Å². The van der Waals surface area contributed by atoms with Gasteiger partial charge in [-0.3, -0.25) is 4.79 Å². The van der Waals surface area contributed by atoms with Crippen molar-refractivity contribution in [1.29, 1.82) is 0 Å². The van der Waals surface area contributed by atoms with Gasteiger partial charge in [0.1, 0.15) is 5.76 Å². The monoisotopic (exact) mass is 541 g/mol. The summed E-state index contributed by atoms with van der Waals surface area (Å²) in [5.74, 6) is 0.206. The largest absolute Gasteiger partial charge is 0.467 e. The first-order chi connectivity index (χ1) is 17.9. The van der Waals surface area contributed by atoms with Gasteiger partial charge in [0, 0.05) is 18.7 Å². The van der Waals surface area contributed by atoms with Gasteiger partial charge < -0.3 is 18.6 Å². The molecule has 4 aromatic rings. The van der Waals surface area contributed by atoms with Crippen LogP contribution in [0.3, 0.4) is 0 Å². The molecule has 0 aliphatic carbocycles. The molecule has 0 atom stereocenters. The predicted octanol–water partition coefficient (Wildman–Crippen LogP) is 4.52. The Balaban J connectivity index is 1.64. The number of furan rings is 1. The summed E-state index contributed by atoms with van der Waals surface area (Å²) < 4.78 is 39.1. The zero-order chi connectivity index (χ0) is 26.3.